The summed E-state index contributed by atoms with van der Waals surface area (Å²) >= 11 is 5.87. The van der Waals surface area contributed by atoms with Gasteiger partial charge in [-0.2, -0.15) is 0 Å². The molecule has 0 unspecified atom stereocenters. The predicted octanol–water partition coefficient (Wildman–Crippen LogP) is 4.00. The number of aromatic nitrogens is 1. The summed E-state index contributed by atoms with van der Waals surface area (Å²) in [7, 11) is 0. The van der Waals surface area contributed by atoms with Crippen LogP contribution in [-0.2, 0) is 25.9 Å². The molecule has 1 aromatic heterocycles. The lowest BCUT2D eigenvalue weighted by molar-refractivity contribution is 0.0914. The van der Waals surface area contributed by atoms with E-state index >= 15 is 0 Å². The van der Waals surface area contributed by atoms with Crippen LogP contribution in [0.5, 0.6) is 0 Å². The standard InChI is InChI=1S/C22H21ClFN3O2/c23-17-12-16(6-7-18(17)24)14-27-10-8-19-20(9-11-27)29-22(26-19)21(28)25-13-15-4-2-1-3-5-15/h1-7,12H,8-11,13-14H2,(H,25,28). The van der Waals surface area contributed by atoms with Crippen molar-refractivity contribution < 1.29 is 13.6 Å². The van der Waals surface area contributed by atoms with E-state index in [2.05, 4.69) is 15.2 Å². The van der Waals surface area contributed by atoms with Gasteiger partial charge in [-0.25, -0.2) is 9.37 Å². The van der Waals surface area contributed by atoms with E-state index < -0.39 is 5.82 Å². The van der Waals surface area contributed by atoms with Crippen LogP contribution in [0.15, 0.2) is 52.9 Å². The molecule has 0 saturated heterocycles. The zero-order valence-electron chi connectivity index (χ0n) is 15.8. The van der Waals surface area contributed by atoms with Gasteiger partial charge in [-0.1, -0.05) is 48.0 Å². The van der Waals surface area contributed by atoms with Crippen molar-refractivity contribution in [3.05, 3.63) is 87.8 Å². The summed E-state index contributed by atoms with van der Waals surface area (Å²) < 4.78 is 19.1. The lowest BCUT2D eigenvalue weighted by atomic mass is 10.2. The summed E-state index contributed by atoms with van der Waals surface area (Å²) in [5.74, 6) is 0.159. The lowest BCUT2D eigenvalue weighted by Gasteiger charge is -2.19. The molecule has 1 N–H and O–H groups in total. The van der Waals surface area contributed by atoms with Gasteiger partial charge in [0.1, 0.15) is 11.6 Å². The van der Waals surface area contributed by atoms with Crippen molar-refractivity contribution in [3.63, 3.8) is 0 Å². The summed E-state index contributed by atoms with van der Waals surface area (Å²) in [6.07, 6.45) is 1.36. The predicted molar refractivity (Wildman–Crippen MR) is 108 cm³/mol. The van der Waals surface area contributed by atoms with E-state index in [4.69, 9.17) is 16.0 Å². The molecule has 0 aliphatic carbocycles. The second-order valence-corrected chi connectivity index (χ2v) is 7.49. The molecule has 2 heterocycles. The molecule has 0 bridgehead atoms. The zero-order chi connectivity index (χ0) is 20.2. The van der Waals surface area contributed by atoms with Crippen LogP contribution in [0.4, 0.5) is 4.39 Å². The average Bonchev–Trinajstić information content (AvgIpc) is 3.06. The summed E-state index contributed by atoms with van der Waals surface area (Å²) in [5.41, 5.74) is 2.81. The Bertz CT molecular complexity index is 981. The second-order valence-electron chi connectivity index (χ2n) is 7.08. The number of nitrogens with one attached hydrogen (secondary N) is 1. The molecule has 0 saturated carbocycles. The van der Waals surface area contributed by atoms with Gasteiger partial charge in [0.05, 0.1) is 10.7 Å². The van der Waals surface area contributed by atoms with E-state index in [1.165, 1.54) is 6.07 Å². The molecule has 0 spiro atoms. The molecule has 1 aliphatic heterocycles. The van der Waals surface area contributed by atoms with Crippen molar-refractivity contribution in [2.75, 3.05) is 13.1 Å². The number of hydrogen-bond donors (Lipinski definition) is 1. The Morgan fingerprint density at radius 1 is 1.14 bits per heavy atom. The molecule has 4 rings (SSSR count). The van der Waals surface area contributed by atoms with Gasteiger partial charge in [0.2, 0.25) is 0 Å². The Morgan fingerprint density at radius 2 is 1.93 bits per heavy atom. The maximum atomic E-state index is 13.3. The fraction of sp³-hybridized carbons (Fsp3) is 0.273. The van der Waals surface area contributed by atoms with Gasteiger partial charge in [0.25, 0.3) is 5.89 Å². The van der Waals surface area contributed by atoms with E-state index in [1.54, 1.807) is 12.1 Å². The molecule has 150 valence electrons. The smallest absolute Gasteiger partial charge is 0.307 e. The third-order valence-electron chi connectivity index (χ3n) is 4.98. The van der Waals surface area contributed by atoms with E-state index in [0.29, 0.717) is 25.9 Å². The minimum absolute atomic E-state index is 0.115. The first-order valence-electron chi connectivity index (χ1n) is 9.55. The number of oxazole rings is 1. The lowest BCUT2D eigenvalue weighted by Crippen LogP contribution is -2.26. The number of benzene rings is 2. The fourth-order valence-corrected chi connectivity index (χ4v) is 3.62. The van der Waals surface area contributed by atoms with Gasteiger partial charge in [0.15, 0.2) is 0 Å². The molecule has 2 aromatic carbocycles. The molecule has 1 aliphatic rings. The largest absolute Gasteiger partial charge is 0.437 e. The third-order valence-corrected chi connectivity index (χ3v) is 5.27. The number of fused-ring (bicyclic) bond motifs is 1. The van der Waals surface area contributed by atoms with E-state index in [-0.39, 0.29) is 16.8 Å². The van der Waals surface area contributed by atoms with Gasteiger partial charge in [-0.3, -0.25) is 9.69 Å². The first kappa shape index (κ1) is 19.6. The highest BCUT2D eigenvalue weighted by Crippen LogP contribution is 2.21. The monoisotopic (exact) mass is 413 g/mol. The maximum Gasteiger partial charge on any atom is 0.307 e. The van der Waals surface area contributed by atoms with Gasteiger partial charge < -0.3 is 9.73 Å². The Kier molecular flexibility index (Phi) is 5.92. The second kappa shape index (κ2) is 8.76. The summed E-state index contributed by atoms with van der Waals surface area (Å²) in [6.45, 7) is 2.65. The van der Waals surface area contributed by atoms with Crippen LogP contribution in [0.3, 0.4) is 0 Å². The van der Waals surface area contributed by atoms with Crippen molar-refractivity contribution >= 4 is 17.5 Å². The Hall–Kier alpha value is -2.70. The number of rotatable bonds is 5. The molecular weight excluding hydrogens is 393 g/mol. The first-order valence-corrected chi connectivity index (χ1v) is 9.93. The van der Waals surface area contributed by atoms with Crippen LogP contribution >= 0.6 is 11.6 Å². The molecule has 7 heteroatoms. The summed E-state index contributed by atoms with van der Waals surface area (Å²) in [4.78, 5) is 19.0. The average molecular weight is 414 g/mol. The topological polar surface area (TPSA) is 58.4 Å². The molecule has 0 atom stereocenters. The van der Waals surface area contributed by atoms with Crippen molar-refractivity contribution in [1.29, 1.82) is 0 Å². The van der Waals surface area contributed by atoms with E-state index in [0.717, 1.165) is 35.7 Å². The number of amides is 1. The molecular formula is C22H21ClFN3O2. The van der Waals surface area contributed by atoms with Gasteiger partial charge in [-0.05, 0) is 23.3 Å². The van der Waals surface area contributed by atoms with Crippen molar-refractivity contribution in [2.24, 2.45) is 0 Å². The van der Waals surface area contributed by atoms with Gasteiger partial charge >= 0.3 is 5.91 Å². The van der Waals surface area contributed by atoms with Crippen LogP contribution in [0.2, 0.25) is 5.02 Å². The minimum Gasteiger partial charge on any atom is -0.437 e. The highest BCUT2D eigenvalue weighted by Gasteiger charge is 2.22. The normalized spacial score (nSPS) is 14.3. The number of carbonyl (C=O) groups excluding carboxylic acids is 1. The molecule has 3 aromatic rings. The molecule has 0 radical (unpaired) electrons. The maximum absolute atomic E-state index is 13.3. The van der Waals surface area contributed by atoms with Crippen LogP contribution in [0, 0.1) is 5.82 Å². The van der Waals surface area contributed by atoms with Gasteiger partial charge in [0, 0.05) is 39.0 Å². The number of carbonyl (C=O) groups is 1. The summed E-state index contributed by atoms with van der Waals surface area (Å²) in [6, 6.07) is 14.5. The van der Waals surface area contributed by atoms with Crippen molar-refractivity contribution in [1.82, 2.24) is 15.2 Å². The van der Waals surface area contributed by atoms with Crippen LogP contribution < -0.4 is 5.32 Å². The Balaban J connectivity index is 1.35. The number of hydrogen-bond acceptors (Lipinski definition) is 4. The number of nitrogens with zero attached hydrogens (tertiary/aromatic N) is 2. The van der Waals surface area contributed by atoms with E-state index in [9.17, 15) is 9.18 Å². The first-order chi connectivity index (χ1) is 14.1. The number of halogens is 2. The molecule has 1 amide bonds. The third kappa shape index (κ3) is 4.83. The highest BCUT2D eigenvalue weighted by molar-refractivity contribution is 6.30. The molecule has 0 fully saturated rings. The summed E-state index contributed by atoms with van der Waals surface area (Å²) in [5, 5.41) is 2.98. The highest BCUT2D eigenvalue weighted by atomic mass is 35.5. The van der Waals surface area contributed by atoms with Crippen LogP contribution in [-0.4, -0.2) is 28.9 Å². The zero-order valence-corrected chi connectivity index (χ0v) is 16.6. The van der Waals surface area contributed by atoms with Gasteiger partial charge in [-0.15, -0.1) is 0 Å². The fourth-order valence-electron chi connectivity index (χ4n) is 3.41. The SMILES string of the molecule is O=C(NCc1ccccc1)c1nc2c(o1)CCN(Cc1ccc(F)c(Cl)c1)CC2. The molecule has 29 heavy (non-hydrogen) atoms. The molecule has 5 nitrogen and oxygen atoms in total. The van der Waals surface area contributed by atoms with Crippen molar-refractivity contribution in [2.45, 2.75) is 25.9 Å². The van der Waals surface area contributed by atoms with Crippen LogP contribution in [0.25, 0.3) is 0 Å². The van der Waals surface area contributed by atoms with E-state index in [1.807, 2.05) is 30.3 Å². The van der Waals surface area contributed by atoms with Crippen LogP contribution in [0.1, 0.15) is 33.3 Å². The van der Waals surface area contributed by atoms with Crippen molar-refractivity contribution in [3.8, 4) is 0 Å². The Labute approximate surface area is 173 Å². The Morgan fingerprint density at radius 3 is 2.72 bits per heavy atom. The minimum atomic E-state index is -0.410. The quantitative estimate of drug-likeness (QED) is 0.687.